The molecule has 3 aliphatic rings. The molecule has 100 valence electrons. The van der Waals surface area contributed by atoms with E-state index in [4.69, 9.17) is 11.6 Å². The van der Waals surface area contributed by atoms with Gasteiger partial charge in [-0.15, -0.1) is 0 Å². The van der Waals surface area contributed by atoms with Gasteiger partial charge in [0.05, 0.1) is 6.04 Å². The Morgan fingerprint density at radius 1 is 1.05 bits per heavy atom. The van der Waals surface area contributed by atoms with Gasteiger partial charge in [-0.3, -0.25) is 0 Å². The molecular weight excluding hydrogens is 266 g/mol. The van der Waals surface area contributed by atoms with Gasteiger partial charge in [-0.1, -0.05) is 48.1 Å². The summed E-state index contributed by atoms with van der Waals surface area (Å²) in [7, 11) is 0. The van der Waals surface area contributed by atoms with Crippen LogP contribution in [0.5, 0.6) is 0 Å². The van der Waals surface area contributed by atoms with Gasteiger partial charge in [-0.2, -0.15) is 0 Å². The molecule has 1 aromatic carbocycles. The molecule has 2 unspecified atom stereocenters. The van der Waals surface area contributed by atoms with Crippen molar-refractivity contribution in [3.63, 3.8) is 0 Å². The van der Waals surface area contributed by atoms with Crippen molar-refractivity contribution in [3.8, 4) is 0 Å². The average molecular weight is 282 g/mol. The number of hydrogen-bond acceptors (Lipinski definition) is 1. The van der Waals surface area contributed by atoms with Crippen molar-refractivity contribution >= 4 is 17.3 Å². The lowest BCUT2D eigenvalue weighted by atomic mass is 9.88. The molecule has 1 aliphatic heterocycles. The maximum absolute atomic E-state index is 6.03. The normalized spacial score (nSPS) is 26.9. The molecule has 0 saturated carbocycles. The van der Waals surface area contributed by atoms with Crippen LogP contribution in [-0.2, 0) is 0 Å². The van der Waals surface area contributed by atoms with Crippen molar-refractivity contribution in [2.24, 2.45) is 5.92 Å². The fraction of sp³-hybridized carbons (Fsp3) is 0.222. The zero-order valence-corrected chi connectivity index (χ0v) is 11.9. The third-order valence-electron chi connectivity index (χ3n) is 4.34. The zero-order valence-electron chi connectivity index (χ0n) is 11.2. The molecule has 1 heterocycles. The number of anilines is 1. The van der Waals surface area contributed by atoms with Gasteiger partial charge in [0.15, 0.2) is 0 Å². The Morgan fingerprint density at radius 2 is 1.85 bits per heavy atom. The molecule has 0 aromatic heterocycles. The van der Waals surface area contributed by atoms with Crippen LogP contribution in [0.1, 0.15) is 12.8 Å². The number of fused-ring (bicyclic) bond motifs is 2. The lowest BCUT2D eigenvalue weighted by Gasteiger charge is -2.31. The van der Waals surface area contributed by atoms with Gasteiger partial charge in [0, 0.05) is 22.3 Å². The Balaban J connectivity index is 1.82. The molecule has 0 amide bonds. The lowest BCUT2D eigenvalue weighted by Crippen LogP contribution is -2.32. The minimum atomic E-state index is 0.411. The van der Waals surface area contributed by atoms with Crippen LogP contribution in [0, 0.1) is 5.92 Å². The first-order valence-electron chi connectivity index (χ1n) is 7.14. The smallest absolute Gasteiger partial charge is 0.0626 e. The van der Waals surface area contributed by atoms with Crippen LogP contribution in [0.25, 0.3) is 0 Å². The van der Waals surface area contributed by atoms with Crippen molar-refractivity contribution in [2.75, 3.05) is 4.90 Å². The van der Waals surface area contributed by atoms with Crippen molar-refractivity contribution in [1.29, 1.82) is 0 Å². The second kappa shape index (κ2) is 4.68. The summed E-state index contributed by atoms with van der Waals surface area (Å²) in [6.45, 7) is 0. The maximum atomic E-state index is 6.03. The molecule has 0 radical (unpaired) electrons. The number of benzene rings is 1. The zero-order chi connectivity index (χ0) is 13.5. The van der Waals surface area contributed by atoms with Crippen molar-refractivity contribution in [2.45, 2.75) is 18.9 Å². The number of halogens is 1. The number of rotatable bonds is 1. The quantitative estimate of drug-likeness (QED) is 0.709. The summed E-state index contributed by atoms with van der Waals surface area (Å²) >= 11 is 6.03. The lowest BCUT2D eigenvalue weighted by molar-refractivity contribution is 0.681. The summed E-state index contributed by atoms with van der Waals surface area (Å²) < 4.78 is 0. The molecule has 2 aliphatic carbocycles. The average Bonchev–Trinajstić information content (AvgIpc) is 2.83. The minimum Gasteiger partial charge on any atom is -0.337 e. The first kappa shape index (κ1) is 12.0. The Labute approximate surface area is 124 Å². The van der Waals surface area contributed by atoms with Gasteiger partial charge in [-0.05, 0) is 42.7 Å². The van der Waals surface area contributed by atoms with E-state index in [1.165, 1.54) is 17.0 Å². The molecule has 1 nitrogen and oxygen atoms in total. The molecule has 20 heavy (non-hydrogen) atoms. The van der Waals surface area contributed by atoms with Gasteiger partial charge in [0.25, 0.3) is 0 Å². The highest BCUT2D eigenvalue weighted by atomic mass is 35.5. The molecule has 0 fully saturated rings. The monoisotopic (exact) mass is 281 g/mol. The van der Waals surface area contributed by atoms with E-state index >= 15 is 0 Å². The van der Waals surface area contributed by atoms with Crippen LogP contribution < -0.4 is 4.90 Å². The topological polar surface area (TPSA) is 3.24 Å². The van der Waals surface area contributed by atoms with E-state index in [-0.39, 0.29) is 0 Å². The van der Waals surface area contributed by atoms with Gasteiger partial charge < -0.3 is 4.90 Å². The molecule has 4 rings (SSSR count). The standard InChI is InChI=1S/C18H16ClN/c19-13-9-11-14(12-10-13)20-17-7-3-1-5-15(17)16-6-2-4-8-18(16)20/h1-3,5-7,9-12,15,17H,4,8H2. The fourth-order valence-corrected chi connectivity index (χ4v) is 3.60. The molecule has 0 saturated heterocycles. The largest absolute Gasteiger partial charge is 0.337 e. The highest BCUT2D eigenvalue weighted by Crippen LogP contribution is 2.44. The van der Waals surface area contributed by atoms with Crippen LogP contribution in [0.2, 0.25) is 5.02 Å². The van der Waals surface area contributed by atoms with Crippen LogP contribution in [0.15, 0.2) is 72.0 Å². The SMILES string of the molecule is Clc1ccc(N2C3=C(C=CCC3)C3C=CC=CC32)cc1. The van der Waals surface area contributed by atoms with Crippen molar-refractivity contribution in [3.05, 3.63) is 77.0 Å². The highest BCUT2D eigenvalue weighted by molar-refractivity contribution is 6.30. The molecule has 1 aromatic rings. The van der Waals surface area contributed by atoms with E-state index in [2.05, 4.69) is 53.5 Å². The van der Waals surface area contributed by atoms with E-state index in [9.17, 15) is 0 Å². The van der Waals surface area contributed by atoms with Crippen LogP contribution in [-0.4, -0.2) is 6.04 Å². The van der Waals surface area contributed by atoms with Gasteiger partial charge in [-0.25, -0.2) is 0 Å². The van der Waals surface area contributed by atoms with Gasteiger partial charge in [0.2, 0.25) is 0 Å². The Kier molecular flexibility index (Phi) is 2.82. The number of nitrogens with zero attached hydrogens (tertiary/aromatic N) is 1. The predicted molar refractivity (Wildman–Crippen MR) is 84.9 cm³/mol. The predicted octanol–water partition coefficient (Wildman–Crippen LogP) is 4.87. The van der Waals surface area contributed by atoms with E-state index in [1.807, 2.05) is 12.1 Å². The summed E-state index contributed by atoms with van der Waals surface area (Å²) in [4.78, 5) is 2.49. The first-order valence-corrected chi connectivity index (χ1v) is 7.52. The van der Waals surface area contributed by atoms with E-state index in [0.717, 1.165) is 17.9 Å². The van der Waals surface area contributed by atoms with Crippen LogP contribution >= 0.6 is 11.6 Å². The second-order valence-electron chi connectivity index (χ2n) is 5.48. The van der Waals surface area contributed by atoms with Gasteiger partial charge in [0.1, 0.15) is 0 Å². The summed E-state index contributed by atoms with van der Waals surface area (Å²) in [6, 6.07) is 8.62. The van der Waals surface area contributed by atoms with E-state index in [1.54, 1.807) is 0 Å². The third-order valence-corrected chi connectivity index (χ3v) is 4.59. The Hall–Kier alpha value is -1.73. The summed E-state index contributed by atoms with van der Waals surface area (Å²) in [6.07, 6.45) is 15.8. The van der Waals surface area contributed by atoms with E-state index < -0.39 is 0 Å². The molecule has 2 heteroatoms. The summed E-state index contributed by atoms with van der Waals surface area (Å²) in [5.74, 6) is 0.488. The summed E-state index contributed by atoms with van der Waals surface area (Å²) in [5, 5.41) is 0.793. The molecule has 0 bridgehead atoms. The summed E-state index contributed by atoms with van der Waals surface area (Å²) in [5.41, 5.74) is 4.20. The maximum Gasteiger partial charge on any atom is 0.0626 e. The molecular formula is C18H16ClN. The van der Waals surface area contributed by atoms with Gasteiger partial charge >= 0.3 is 0 Å². The Bertz CT molecular complexity index is 649. The van der Waals surface area contributed by atoms with Crippen LogP contribution in [0.4, 0.5) is 5.69 Å². The van der Waals surface area contributed by atoms with Crippen molar-refractivity contribution in [1.82, 2.24) is 0 Å². The highest BCUT2D eigenvalue weighted by Gasteiger charge is 2.38. The molecule has 0 N–H and O–H groups in total. The third kappa shape index (κ3) is 1.77. The molecule has 2 atom stereocenters. The van der Waals surface area contributed by atoms with Crippen molar-refractivity contribution < 1.29 is 0 Å². The second-order valence-corrected chi connectivity index (χ2v) is 5.91. The van der Waals surface area contributed by atoms with E-state index in [0.29, 0.717) is 12.0 Å². The van der Waals surface area contributed by atoms with Crippen LogP contribution in [0.3, 0.4) is 0 Å². The molecule has 0 spiro atoms. The first-order chi connectivity index (χ1) is 9.84. The Morgan fingerprint density at radius 3 is 2.70 bits per heavy atom. The fourth-order valence-electron chi connectivity index (χ4n) is 3.47. The number of hydrogen-bond donors (Lipinski definition) is 0. The number of allylic oxidation sites excluding steroid dienone is 5. The minimum absolute atomic E-state index is 0.411.